The maximum atomic E-state index is 14.4. The number of rotatable bonds is 8. The van der Waals surface area contributed by atoms with Crippen molar-refractivity contribution >= 4 is 17.6 Å². The largest absolute Gasteiger partial charge is 0.369 e. The van der Waals surface area contributed by atoms with E-state index in [9.17, 15) is 18.4 Å². The number of hydrogen-bond acceptors (Lipinski definition) is 5. The number of likely N-dealkylation sites (N-methyl/N-ethyl adjacent to an activating group) is 1. The number of alkyl halides is 1. The third-order valence-electron chi connectivity index (χ3n) is 6.04. The number of pyridine rings is 1. The minimum Gasteiger partial charge on any atom is -0.369 e. The van der Waals surface area contributed by atoms with Gasteiger partial charge in [0.25, 0.3) is 5.91 Å². The van der Waals surface area contributed by atoms with Crippen LogP contribution in [0.4, 0.5) is 8.78 Å². The molecule has 0 saturated carbocycles. The van der Waals surface area contributed by atoms with Crippen molar-refractivity contribution in [3.05, 3.63) is 77.6 Å². The lowest BCUT2D eigenvalue weighted by Crippen LogP contribution is -2.41. The number of hydrogen-bond donors (Lipinski definition) is 1. The molecule has 3 heterocycles. The first-order valence-electron chi connectivity index (χ1n) is 11.0. The summed E-state index contributed by atoms with van der Waals surface area (Å²) in [5.74, 6) is -1.17. The summed E-state index contributed by atoms with van der Waals surface area (Å²) in [5, 5.41) is 0. The SMILES string of the molecule is CCC(=O)c1cc([C@]2(c3cccc(-c4cccnc4F)c3)N=C(N)N(C)C2=O)cn1CCCF. The van der Waals surface area contributed by atoms with E-state index < -0.39 is 24.1 Å². The highest BCUT2D eigenvalue weighted by Gasteiger charge is 2.50. The van der Waals surface area contributed by atoms with E-state index in [1.54, 1.807) is 60.2 Å². The van der Waals surface area contributed by atoms with Gasteiger partial charge in [-0.2, -0.15) is 4.39 Å². The van der Waals surface area contributed by atoms with Crippen LogP contribution in [0.5, 0.6) is 0 Å². The van der Waals surface area contributed by atoms with Crippen LogP contribution in [0.25, 0.3) is 11.1 Å². The Hall–Kier alpha value is -3.88. The van der Waals surface area contributed by atoms with Gasteiger partial charge < -0.3 is 10.3 Å². The molecule has 1 aromatic carbocycles. The number of guanidine groups is 1. The van der Waals surface area contributed by atoms with Gasteiger partial charge in [-0.15, -0.1) is 0 Å². The van der Waals surface area contributed by atoms with Crippen molar-refractivity contribution in [3.63, 3.8) is 0 Å². The van der Waals surface area contributed by atoms with Gasteiger partial charge >= 0.3 is 0 Å². The molecule has 0 bridgehead atoms. The molecular formula is C25H25F2N5O2. The summed E-state index contributed by atoms with van der Waals surface area (Å²) in [6.07, 6.45) is 3.49. The first-order valence-corrected chi connectivity index (χ1v) is 11.0. The molecule has 176 valence electrons. The van der Waals surface area contributed by atoms with Crippen LogP contribution in [0, 0.1) is 5.95 Å². The average molecular weight is 466 g/mol. The van der Waals surface area contributed by atoms with Crippen molar-refractivity contribution in [1.82, 2.24) is 14.5 Å². The van der Waals surface area contributed by atoms with Gasteiger partial charge in [0.15, 0.2) is 17.3 Å². The number of nitrogens with zero attached hydrogens (tertiary/aromatic N) is 4. The molecule has 0 fully saturated rings. The van der Waals surface area contributed by atoms with Gasteiger partial charge in [0.05, 0.1) is 12.4 Å². The maximum absolute atomic E-state index is 14.4. The lowest BCUT2D eigenvalue weighted by atomic mass is 9.83. The second kappa shape index (κ2) is 9.17. The van der Waals surface area contributed by atoms with Gasteiger partial charge in [-0.1, -0.05) is 25.1 Å². The van der Waals surface area contributed by atoms with Crippen molar-refractivity contribution in [2.45, 2.75) is 31.8 Å². The quantitative estimate of drug-likeness (QED) is 0.406. The van der Waals surface area contributed by atoms with Gasteiger partial charge in [0, 0.05) is 43.5 Å². The number of Topliss-reactive ketones (excluding diaryl/α,β-unsaturated/α-hetero) is 1. The Morgan fingerprint density at radius 3 is 2.62 bits per heavy atom. The molecule has 2 aromatic heterocycles. The standard InChI is InChI=1S/C25H25F2N5O2/c1-3-21(33)20-14-18(15-32(20)12-6-10-26)25(23(34)31(2)24(28)30-25)17-8-4-7-16(13-17)19-9-5-11-29-22(19)27/h4-5,7-9,11,13-15H,3,6,10,12H2,1-2H3,(H2,28,30)/t25-/m0/s1. The molecule has 1 atom stereocenters. The third-order valence-corrected chi connectivity index (χ3v) is 6.04. The van der Waals surface area contributed by atoms with Gasteiger partial charge in [-0.3, -0.25) is 18.9 Å². The number of carbonyl (C=O) groups excluding carboxylic acids is 2. The van der Waals surface area contributed by atoms with Crippen molar-refractivity contribution < 1.29 is 18.4 Å². The first kappa shape index (κ1) is 23.3. The monoisotopic (exact) mass is 465 g/mol. The molecule has 1 amide bonds. The molecule has 4 rings (SSSR count). The second-order valence-corrected chi connectivity index (χ2v) is 8.09. The molecule has 0 aliphatic carbocycles. The zero-order chi connectivity index (χ0) is 24.5. The predicted octanol–water partition coefficient (Wildman–Crippen LogP) is 3.67. The van der Waals surface area contributed by atoms with E-state index in [1.807, 2.05) is 0 Å². The van der Waals surface area contributed by atoms with Crippen molar-refractivity contribution in [2.24, 2.45) is 10.7 Å². The molecule has 0 saturated heterocycles. The number of halogens is 2. The number of benzene rings is 1. The molecule has 9 heteroatoms. The van der Waals surface area contributed by atoms with E-state index in [-0.39, 0.29) is 36.7 Å². The number of carbonyl (C=O) groups is 2. The van der Waals surface area contributed by atoms with E-state index in [4.69, 9.17) is 5.73 Å². The van der Waals surface area contributed by atoms with Crippen LogP contribution in [0.1, 0.15) is 41.4 Å². The Labute approximate surface area is 195 Å². The highest BCUT2D eigenvalue weighted by Crippen LogP contribution is 2.41. The van der Waals surface area contributed by atoms with E-state index in [1.165, 1.54) is 18.1 Å². The summed E-state index contributed by atoms with van der Waals surface area (Å²) in [6, 6.07) is 11.6. The van der Waals surface area contributed by atoms with Crippen LogP contribution in [0.3, 0.4) is 0 Å². The fourth-order valence-electron chi connectivity index (χ4n) is 4.24. The summed E-state index contributed by atoms with van der Waals surface area (Å²) in [4.78, 5) is 35.8. The third kappa shape index (κ3) is 3.76. The van der Waals surface area contributed by atoms with Gasteiger partial charge in [-0.25, -0.2) is 9.98 Å². The molecule has 0 spiro atoms. The van der Waals surface area contributed by atoms with Crippen LogP contribution < -0.4 is 5.73 Å². The normalized spacial score (nSPS) is 17.8. The molecule has 1 aliphatic heterocycles. The summed E-state index contributed by atoms with van der Waals surface area (Å²) in [6.45, 7) is 1.47. The van der Waals surface area contributed by atoms with Crippen LogP contribution in [0.15, 0.2) is 59.9 Å². The Morgan fingerprint density at radius 2 is 1.97 bits per heavy atom. The first-order chi connectivity index (χ1) is 16.3. The van der Waals surface area contributed by atoms with Crippen molar-refractivity contribution in [1.29, 1.82) is 0 Å². The Balaban J connectivity index is 1.94. The fraction of sp³-hybridized carbons (Fsp3) is 0.280. The van der Waals surface area contributed by atoms with E-state index >= 15 is 0 Å². The molecule has 1 aliphatic rings. The van der Waals surface area contributed by atoms with E-state index in [0.717, 1.165) is 0 Å². The van der Waals surface area contributed by atoms with Crippen LogP contribution in [-0.2, 0) is 16.9 Å². The molecular weight excluding hydrogens is 440 g/mol. The van der Waals surface area contributed by atoms with Crippen LogP contribution in [0.2, 0.25) is 0 Å². The molecule has 7 nitrogen and oxygen atoms in total. The summed E-state index contributed by atoms with van der Waals surface area (Å²) < 4.78 is 29.0. The topological polar surface area (TPSA) is 93.6 Å². The lowest BCUT2D eigenvalue weighted by Gasteiger charge is -2.25. The Morgan fingerprint density at radius 1 is 1.18 bits per heavy atom. The zero-order valence-electron chi connectivity index (χ0n) is 19.0. The van der Waals surface area contributed by atoms with Crippen LogP contribution in [-0.4, -0.2) is 45.8 Å². The highest BCUT2D eigenvalue weighted by molar-refractivity contribution is 6.09. The number of aryl methyl sites for hydroxylation is 1. The fourth-order valence-corrected chi connectivity index (χ4v) is 4.24. The van der Waals surface area contributed by atoms with Gasteiger partial charge in [-0.05, 0) is 41.8 Å². The number of nitrogens with two attached hydrogens (primary N) is 1. The predicted molar refractivity (Wildman–Crippen MR) is 124 cm³/mol. The molecule has 2 N–H and O–H groups in total. The van der Waals surface area contributed by atoms with E-state index in [0.29, 0.717) is 22.4 Å². The lowest BCUT2D eigenvalue weighted by molar-refractivity contribution is -0.129. The number of aliphatic imine (C=N–C) groups is 1. The average Bonchev–Trinajstić information content (AvgIpc) is 3.38. The zero-order valence-corrected chi connectivity index (χ0v) is 19.0. The maximum Gasteiger partial charge on any atom is 0.266 e. The summed E-state index contributed by atoms with van der Waals surface area (Å²) in [7, 11) is 1.52. The van der Waals surface area contributed by atoms with Crippen molar-refractivity contribution in [2.75, 3.05) is 13.7 Å². The molecule has 3 aromatic rings. The number of ketones is 1. The minimum absolute atomic E-state index is 0.0165. The van der Waals surface area contributed by atoms with Crippen LogP contribution >= 0.6 is 0 Å². The summed E-state index contributed by atoms with van der Waals surface area (Å²) in [5.41, 5.74) is 6.55. The molecule has 0 unspecified atom stereocenters. The van der Waals surface area contributed by atoms with Gasteiger partial charge in [0.1, 0.15) is 0 Å². The molecule has 0 radical (unpaired) electrons. The van der Waals surface area contributed by atoms with E-state index in [2.05, 4.69) is 9.98 Å². The second-order valence-electron chi connectivity index (χ2n) is 8.09. The van der Waals surface area contributed by atoms with Gasteiger partial charge in [0.2, 0.25) is 5.95 Å². The number of amides is 1. The summed E-state index contributed by atoms with van der Waals surface area (Å²) >= 11 is 0. The number of aromatic nitrogens is 2. The minimum atomic E-state index is -1.57. The molecule has 34 heavy (non-hydrogen) atoms. The highest BCUT2D eigenvalue weighted by atomic mass is 19.1. The Bertz CT molecular complexity index is 1290. The smallest absolute Gasteiger partial charge is 0.266 e. The van der Waals surface area contributed by atoms with Crippen molar-refractivity contribution in [3.8, 4) is 11.1 Å². The Kier molecular flexibility index (Phi) is 6.28.